The van der Waals surface area contributed by atoms with Crippen LogP contribution in [0.2, 0.25) is 0 Å². The molecule has 162 valence electrons. The van der Waals surface area contributed by atoms with Gasteiger partial charge in [-0.05, 0) is 60.7 Å². The molecule has 0 bridgehead atoms. The van der Waals surface area contributed by atoms with Gasteiger partial charge in [0.25, 0.3) is 0 Å². The van der Waals surface area contributed by atoms with Gasteiger partial charge in [0.2, 0.25) is 0 Å². The van der Waals surface area contributed by atoms with Crippen LogP contribution in [0.5, 0.6) is 5.75 Å². The van der Waals surface area contributed by atoms with E-state index in [0.29, 0.717) is 0 Å². The Balaban J connectivity index is 1.60. The molecule has 3 heterocycles. The Hall–Kier alpha value is -4.12. The summed E-state index contributed by atoms with van der Waals surface area (Å²) in [5.41, 5.74) is 7.39. The van der Waals surface area contributed by atoms with Gasteiger partial charge in [-0.1, -0.05) is 36.4 Å². The molecule has 6 rings (SSSR count). The SMILES string of the molecule is COc1cc2c(cc1-c1ccc3[nH]ccc3c1)ncc1nc(C)n([C@@H](C)c3ccccc3)c12. The van der Waals surface area contributed by atoms with Gasteiger partial charge in [-0.25, -0.2) is 4.98 Å². The van der Waals surface area contributed by atoms with Gasteiger partial charge in [-0.2, -0.15) is 0 Å². The lowest BCUT2D eigenvalue weighted by Crippen LogP contribution is -2.08. The predicted molar refractivity (Wildman–Crippen MR) is 134 cm³/mol. The highest BCUT2D eigenvalue weighted by molar-refractivity contribution is 6.05. The molecule has 0 saturated carbocycles. The number of methoxy groups -OCH3 is 1. The molecule has 0 aliphatic heterocycles. The molecule has 33 heavy (non-hydrogen) atoms. The van der Waals surface area contributed by atoms with Crippen LogP contribution in [0, 0.1) is 6.92 Å². The third kappa shape index (κ3) is 3.08. The minimum absolute atomic E-state index is 0.142. The third-order valence-corrected chi connectivity index (χ3v) is 6.55. The molecule has 0 fully saturated rings. The fourth-order valence-corrected chi connectivity index (χ4v) is 4.89. The minimum Gasteiger partial charge on any atom is -0.496 e. The Labute approximate surface area is 191 Å². The Morgan fingerprint density at radius 3 is 2.64 bits per heavy atom. The molecule has 3 aromatic heterocycles. The smallest absolute Gasteiger partial charge is 0.127 e. The van der Waals surface area contributed by atoms with E-state index in [0.717, 1.165) is 50.2 Å². The number of aromatic amines is 1. The Morgan fingerprint density at radius 2 is 1.82 bits per heavy atom. The molecule has 0 saturated heterocycles. The number of imidazole rings is 1. The number of aromatic nitrogens is 4. The molecule has 0 unspecified atom stereocenters. The van der Waals surface area contributed by atoms with Gasteiger partial charge < -0.3 is 14.3 Å². The molecular formula is C28H24N4O. The van der Waals surface area contributed by atoms with Crippen molar-refractivity contribution in [3.05, 3.63) is 90.5 Å². The molecule has 0 aliphatic carbocycles. The van der Waals surface area contributed by atoms with E-state index in [4.69, 9.17) is 14.7 Å². The zero-order valence-electron chi connectivity index (χ0n) is 18.8. The number of nitrogens with one attached hydrogen (secondary N) is 1. The first-order valence-corrected chi connectivity index (χ1v) is 11.1. The largest absolute Gasteiger partial charge is 0.496 e. The Morgan fingerprint density at radius 1 is 0.970 bits per heavy atom. The van der Waals surface area contributed by atoms with Crippen molar-refractivity contribution in [3.63, 3.8) is 0 Å². The highest BCUT2D eigenvalue weighted by atomic mass is 16.5. The number of aryl methyl sites for hydroxylation is 1. The summed E-state index contributed by atoms with van der Waals surface area (Å²) in [4.78, 5) is 12.9. The average molecular weight is 433 g/mol. The number of pyridine rings is 1. The van der Waals surface area contributed by atoms with Crippen molar-refractivity contribution in [2.24, 2.45) is 0 Å². The fraction of sp³-hybridized carbons (Fsp3) is 0.143. The van der Waals surface area contributed by atoms with Gasteiger partial charge in [-0.15, -0.1) is 0 Å². The predicted octanol–water partition coefficient (Wildman–Crippen LogP) is 6.66. The molecular weight excluding hydrogens is 408 g/mol. The van der Waals surface area contributed by atoms with Gasteiger partial charge >= 0.3 is 0 Å². The van der Waals surface area contributed by atoms with E-state index in [9.17, 15) is 0 Å². The van der Waals surface area contributed by atoms with E-state index in [-0.39, 0.29) is 6.04 Å². The second kappa shape index (κ2) is 7.48. The maximum absolute atomic E-state index is 5.88. The molecule has 5 heteroatoms. The first kappa shape index (κ1) is 19.6. The van der Waals surface area contributed by atoms with Crippen LogP contribution in [-0.2, 0) is 0 Å². The normalized spacial score (nSPS) is 12.6. The van der Waals surface area contributed by atoms with Gasteiger partial charge in [-0.3, -0.25) is 4.98 Å². The van der Waals surface area contributed by atoms with E-state index in [2.05, 4.69) is 84.1 Å². The van der Waals surface area contributed by atoms with Crippen molar-refractivity contribution in [1.29, 1.82) is 0 Å². The summed E-state index contributed by atoms with van der Waals surface area (Å²) >= 11 is 0. The monoisotopic (exact) mass is 432 g/mol. The van der Waals surface area contributed by atoms with Crippen LogP contribution in [0.4, 0.5) is 0 Å². The zero-order valence-corrected chi connectivity index (χ0v) is 18.8. The minimum atomic E-state index is 0.142. The maximum atomic E-state index is 5.88. The lowest BCUT2D eigenvalue weighted by Gasteiger charge is -2.18. The van der Waals surface area contributed by atoms with Crippen LogP contribution in [0.3, 0.4) is 0 Å². The number of nitrogens with zero attached hydrogens (tertiary/aromatic N) is 3. The topological polar surface area (TPSA) is 55.7 Å². The number of H-pyrrole nitrogens is 1. The Kier molecular flexibility index (Phi) is 4.44. The van der Waals surface area contributed by atoms with Crippen molar-refractivity contribution in [2.75, 3.05) is 7.11 Å². The van der Waals surface area contributed by atoms with E-state index in [1.807, 2.05) is 18.5 Å². The molecule has 0 radical (unpaired) electrons. The van der Waals surface area contributed by atoms with Crippen LogP contribution in [0.25, 0.3) is 44.0 Å². The average Bonchev–Trinajstić information content (AvgIpc) is 3.46. The number of benzene rings is 3. The summed E-state index contributed by atoms with van der Waals surface area (Å²) in [5, 5.41) is 2.21. The van der Waals surface area contributed by atoms with E-state index in [1.165, 1.54) is 10.9 Å². The van der Waals surface area contributed by atoms with Crippen molar-refractivity contribution < 1.29 is 4.74 Å². The lowest BCUT2D eigenvalue weighted by atomic mass is 10.00. The summed E-state index contributed by atoms with van der Waals surface area (Å²) in [6.45, 7) is 4.27. The third-order valence-electron chi connectivity index (χ3n) is 6.55. The van der Waals surface area contributed by atoms with Gasteiger partial charge in [0.15, 0.2) is 0 Å². The second-order valence-electron chi connectivity index (χ2n) is 8.46. The van der Waals surface area contributed by atoms with E-state index in [1.54, 1.807) is 7.11 Å². The molecule has 1 atom stereocenters. The number of hydrogen-bond acceptors (Lipinski definition) is 3. The molecule has 5 nitrogen and oxygen atoms in total. The van der Waals surface area contributed by atoms with Crippen LogP contribution in [-0.4, -0.2) is 26.6 Å². The van der Waals surface area contributed by atoms with E-state index < -0.39 is 0 Å². The highest BCUT2D eigenvalue weighted by Gasteiger charge is 2.19. The summed E-state index contributed by atoms with van der Waals surface area (Å²) < 4.78 is 8.18. The lowest BCUT2D eigenvalue weighted by molar-refractivity contribution is 0.417. The van der Waals surface area contributed by atoms with Crippen molar-refractivity contribution in [3.8, 4) is 16.9 Å². The highest BCUT2D eigenvalue weighted by Crippen LogP contribution is 2.38. The molecule has 0 amide bonds. The summed E-state index contributed by atoms with van der Waals surface area (Å²) in [6, 6.07) is 23.4. The van der Waals surface area contributed by atoms with Crippen LogP contribution in [0.15, 0.2) is 79.1 Å². The number of rotatable bonds is 4. The van der Waals surface area contributed by atoms with Crippen LogP contribution in [0.1, 0.15) is 24.4 Å². The standard InChI is InChI=1S/C28H24N4O/c1-17(19-7-5-4-6-8-19)32-18(2)31-26-16-30-25-14-22(27(33-3)15-23(25)28(26)32)20-9-10-24-21(13-20)11-12-29-24/h4-17,29H,1-3H3/t17-/m0/s1. The van der Waals surface area contributed by atoms with Crippen molar-refractivity contribution in [2.45, 2.75) is 19.9 Å². The van der Waals surface area contributed by atoms with Gasteiger partial charge in [0, 0.05) is 22.7 Å². The summed E-state index contributed by atoms with van der Waals surface area (Å²) in [6.07, 6.45) is 3.84. The molecule has 3 aromatic carbocycles. The fourth-order valence-electron chi connectivity index (χ4n) is 4.89. The van der Waals surface area contributed by atoms with Crippen LogP contribution < -0.4 is 4.74 Å². The summed E-state index contributed by atoms with van der Waals surface area (Å²) in [5.74, 6) is 1.79. The second-order valence-corrected chi connectivity index (χ2v) is 8.46. The first-order valence-electron chi connectivity index (χ1n) is 11.1. The van der Waals surface area contributed by atoms with E-state index >= 15 is 0 Å². The number of fused-ring (bicyclic) bond motifs is 4. The quantitative estimate of drug-likeness (QED) is 0.339. The maximum Gasteiger partial charge on any atom is 0.127 e. The Bertz CT molecular complexity index is 1630. The van der Waals surface area contributed by atoms with Gasteiger partial charge in [0.05, 0.1) is 30.4 Å². The number of hydrogen-bond donors (Lipinski definition) is 1. The van der Waals surface area contributed by atoms with Crippen LogP contribution >= 0.6 is 0 Å². The van der Waals surface area contributed by atoms with Crippen molar-refractivity contribution in [1.82, 2.24) is 19.5 Å². The molecule has 6 aromatic rings. The molecule has 0 spiro atoms. The van der Waals surface area contributed by atoms with Gasteiger partial charge in [0.1, 0.15) is 17.1 Å². The van der Waals surface area contributed by atoms with Crippen molar-refractivity contribution >= 4 is 32.8 Å². The molecule has 0 aliphatic rings. The summed E-state index contributed by atoms with van der Waals surface area (Å²) in [7, 11) is 1.72. The first-order chi connectivity index (χ1) is 16.1. The molecule has 1 N–H and O–H groups in total. The zero-order chi connectivity index (χ0) is 22.5. The number of ether oxygens (including phenoxy) is 1.